The molecule has 0 aromatic rings. The van der Waals surface area contributed by atoms with E-state index in [9.17, 15) is 4.79 Å². The number of hydrogen-bond donors (Lipinski definition) is 2. The van der Waals surface area contributed by atoms with Gasteiger partial charge < -0.3 is 15.8 Å². The molecule has 1 amide bonds. The molecule has 0 aliphatic carbocycles. The summed E-state index contributed by atoms with van der Waals surface area (Å²) in [6, 6.07) is 0. The second-order valence-electron chi connectivity index (χ2n) is 5.74. The average Bonchev–Trinajstić information content (AvgIpc) is 2.92. The van der Waals surface area contributed by atoms with Crippen molar-refractivity contribution in [2.45, 2.75) is 38.2 Å². The number of amides is 1. The molecule has 0 spiro atoms. The molecule has 1 atom stereocenters. The maximum absolute atomic E-state index is 11.8. The van der Waals surface area contributed by atoms with Gasteiger partial charge in [0.15, 0.2) is 0 Å². The first-order valence-corrected chi connectivity index (χ1v) is 7.58. The second kappa shape index (κ2) is 7.82. The molecule has 1 unspecified atom stereocenters. The van der Waals surface area contributed by atoms with Gasteiger partial charge in [-0.1, -0.05) is 0 Å². The van der Waals surface area contributed by atoms with Crippen LogP contribution in [0.2, 0.25) is 0 Å². The molecule has 110 valence electrons. The predicted molar refractivity (Wildman–Crippen MR) is 74.8 cm³/mol. The first-order chi connectivity index (χ1) is 9.28. The van der Waals surface area contributed by atoms with Crippen molar-refractivity contribution in [2.75, 3.05) is 39.3 Å². The van der Waals surface area contributed by atoms with Gasteiger partial charge in [-0.3, -0.25) is 9.69 Å². The Kier molecular flexibility index (Phi) is 6.07. The number of rotatable bonds is 6. The number of nitrogens with zero attached hydrogens (tertiary/aromatic N) is 1. The summed E-state index contributed by atoms with van der Waals surface area (Å²) in [6.45, 7) is 4.88. The van der Waals surface area contributed by atoms with E-state index in [0.29, 0.717) is 13.1 Å². The summed E-state index contributed by atoms with van der Waals surface area (Å²) in [5.74, 6) is 0.893. The molecule has 0 aromatic carbocycles. The number of ether oxygens (including phenoxy) is 1. The van der Waals surface area contributed by atoms with Gasteiger partial charge in [-0.2, -0.15) is 0 Å². The highest BCUT2D eigenvalue weighted by atomic mass is 16.5. The van der Waals surface area contributed by atoms with Crippen molar-refractivity contribution >= 4 is 5.91 Å². The maximum Gasteiger partial charge on any atom is 0.234 e. The van der Waals surface area contributed by atoms with Crippen LogP contribution in [0.5, 0.6) is 0 Å². The van der Waals surface area contributed by atoms with Crippen molar-refractivity contribution in [3.8, 4) is 0 Å². The first kappa shape index (κ1) is 14.8. The van der Waals surface area contributed by atoms with Crippen molar-refractivity contribution in [1.29, 1.82) is 0 Å². The van der Waals surface area contributed by atoms with Crippen molar-refractivity contribution in [2.24, 2.45) is 11.7 Å². The van der Waals surface area contributed by atoms with E-state index in [1.165, 1.54) is 12.8 Å². The number of nitrogens with two attached hydrogens (primary N) is 1. The fourth-order valence-corrected chi connectivity index (χ4v) is 2.96. The molecule has 2 aliphatic heterocycles. The third-order valence-electron chi connectivity index (χ3n) is 4.20. The third-order valence-corrected chi connectivity index (χ3v) is 4.20. The largest absolute Gasteiger partial charge is 0.376 e. The van der Waals surface area contributed by atoms with Crippen LogP contribution in [0, 0.1) is 5.92 Å². The fourth-order valence-electron chi connectivity index (χ4n) is 2.96. The molecular formula is C14H27N3O2. The lowest BCUT2D eigenvalue weighted by Gasteiger charge is -2.31. The Morgan fingerprint density at radius 3 is 2.74 bits per heavy atom. The number of carbonyl (C=O) groups excluding carboxylic acids is 1. The summed E-state index contributed by atoms with van der Waals surface area (Å²) in [7, 11) is 0. The number of nitrogens with one attached hydrogen (secondary N) is 1. The Hall–Kier alpha value is -0.650. The Balaban J connectivity index is 1.58. The SMILES string of the molecule is NCCC1CCN(CC(=O)NCC2CCCO2)CC1. The molecule has 2 rings (SSSR count). The average molecular weight is 269 g/mol. The molecule has 19 heavy (non-hydrogen) atoms. The lowest BCUT2D eigenvalue weighted by Crippen LogP contribution is -2.43. The van der Waals surface area contributed by atoms with Crippen LogP contribution in [0.1, 0.15) is 32.1 Å². The van der Waals surface area contributed by atoms with Gasteiger partial charge in [-0.05, 0) is 57.7 Å². The van der Waals surface area contributed by atoms with E-state index in [1.54, 1.807) is 0 Å². The van der Waals surface area contributed by atoms with Crippen molar-refractivity contribution < 1.29 is 9.53 Å². The minimum atomic E-state index is 0.132. The molecule has 2 aliphatic rings. The third kappa shape index (κ3) is 5.09. The lowest BCUT2D eigenvalue weighted by atomic mass is 9.94. The highest BCUT2D eigenvalue weighted by Crippen LogP contribution is 2.19. The Morgan fingerprint density at radius 2 is 2.11 bits per heavy atom. The molecule has 5 nitrogen and oxygen atoms in total. The zero-order valence-electron chi connectivity index (χ0n) is 11.8. The van der Waals surface area contributed by atoms with E-state index in [2.05, 4.69) is 10.2 Å². The molecule has 2 saturated heterocycles. The van der Waals surface area contributed by atoms with E-state index in [-0.39, 0.29) is 12.0 Å². The minimum Gasteiger partial charge on any atom is -0.376 e. The zero-order valence-corrected chi connectivity index (χ0v) is 11.8. The number of carbonyl (C=O) groups is 1. The summed E-state index contributed by atoms with van der Waals surface area (Å²) in [5, 5.41) is 2.98. The molecule has 0 saturated carbocycles. The fraction of sp³-hybridized carbons (Fsp3) is 0.929. The van der Waals surface area contributed by atoms with Crippen molar-refractivity contribution in [1.82, 2.24) is 10.2 Å². The number of likely N-dealkylation sites (tertiary alicyclic amines) is 1. The highest BCUT2D eigenvalue weighted by Gasteiger charge is 2.21. The van der Waals surface area contributed by atoms with E-state index in [4.69, 9.17) is 10.5 Å². The van der Waals surface area contributed by atoms with Gasteiger partial charge in [0, 0.05) is 13.2 Å². The van der Waals surface area contributed by atoms with Crippen LogP contribution < -0.4 is 11.1 Å². The van der Waals surface area contributed by atoms with Gasteiger partial charge in [0.2, 0.25) is 5.91 Å². The van der Waals surface area contributed by atoms with Crippen LogP contribution in [0.3, 0.4) is 0 Å². The lowest BCUT2D eigenvalue weighted by molar-refractivity contribution is -0.123. The monoisotopic (exact) mass is 269 g/mol. The normalized spacial score (nSPS) is 25.6. The smallest absolute Gasteiger partial charge is 0.234 e. The van der Waals surface area contributed by atoms with Crippen LogP contribution in [-0.4, -0.2) is 56.2 Å². The summed E-state index contributed by atoms with van der Waals surface area (Å²) in [6.07, 6.45) is 5.91. The second-order valence-corrected chi connectivity index (χ2v) is 5.74. The van der Waals surface area contributed by atoms with Crippen molar-refractivity contribution in [3.63, 3.8) is 0 Å². The molecule has 0 bridgehead atoms. The van der Waals surface area contributed by atoms with E-state index >= 15 is 0 Å². The van der Waals surface area contributed by atoms with Crippen LogP contribution in [-0.2, 0) is 9.53 Å². The molecule has 2 fully saturated rings. The van der Waals surface area contributed by atoms with Gasteiger partial charge in [0.1, 0.15) is 0 Å². The molecule has 0 aromatic heterocycles. The predicted octanol–water partition coefficient (Wildman–Crippen LogP) is 0.342. The van der Waals surface area contributed by atoms with Gasteiger partial charge in [0.05, 0.1) is 12.6 Å². The molecule has 0 radical (unpaired) electrons. The van der Waals surface area contributed by atoms with Gasteiger partial charge >= 0.3 is 0 Å². The summed E-state index contributed by atoms with van der Waals surface area (Å²) >= 11 is 0. The molecule has 2 heterocycles. The topological polar surface area (TPSA) is 67.6 Å². The highest BCUT2D eigenvalue weighted by molar-refractivity contribution is 5.78. The molecule has 5 heteroatoms. The number of hydrogen-bond acceptors (Lipinski definition) is 4. The summed E-state index contributed by atoms with van der Waals surface area (Å²) in [4.78, 5) is 14.1. The van der Waals surface area contributed by atoms with Crippen LogP contribution >= 0.6 is 0 Å². The van der Waals surface area contributed by atoms with Crippen LogP contribution in [0.25, 0.3) is 0 Å². The van der Waals surface area contributed by atoms with Gasteiger partial charge in [-0.15, -0.1) is 0 Å². The van der Waals surface area contributed by atoms with Gasteiger partial charge in [0.25, 0.3) is 0 Å². The minimum absolute atomic E-state index is 0.132. The first-order valence-electron chi connectivity index (χ1n) is 7.58. The van der Waals surface area contributed by atoms with E-state index in [0.717, 1.165) is 51.4 Å². The van der Waals surface area contributed by atoms with Crippen LogP contribution in [0.4, 0.5) is 0 Å². The zero-order chi connectivity index (χ0) is 13.5. The van der Waals surface area contributed by atoms with Gasteiger partial charge in [-0.25, -0.2) is 0 Å². The number of piperidine rings is 1. The molecular weight excluding hydrogens is 242 g/mol. The van der Waals surface area contributed by atoms with Crippen LogP contribution in [0.15, 0.2) is 0 Å². The maximum atomic E-state index is 11.8. The standard InChI is InChI=1S/C14H27N3O2/c15-6-3-12-4-7-17(8-5-12)11-14(18)16-10-13-2-1-9-19-13/h12-13H,1-11,15H2,(H,16,18). The Labute approximate surface area is 115 Å². The quantitative estimate of drug-likeness (QED) is 0.730. The Bertz CT molecular complexity index is 272. The van der Waals surface area contributed by atoms with E-state index in [1.807, 2.05) is 0 Å². The Morgan fingerprint density at radius 1 is 1.32 bits per heavy atom. The summed E-state index contributed by atoms with van der Waals surface area (Å²) in [5.41, 5.74) is 5.58. The summed E-state index contributed by atoms with van der Waals surface area (Å²) < 4.78 is 5.49. The van der Waals surface area contributed by atoms with E-state index < -0.39 is 0 Å². The van der Waals surface area contributed by atoms with Crippen molar-refractivity contribution in [3.05, 3.63) is 0 Å². The molecule has 3 N–H and O–H groups in total.